The lowest BCUT2D eigenvalue weighted by atomic mass is 9.90. The largest absolute Gasteiger partial charge is 0.497 e. The van der Waals surface area contributed by atoms with E-state index in [1.54, 1.807) is 7.11 Å². The number of methoxy groups -OCH3 is 1. The lowest BCUT2D eigenvalue weighted by Gasteiger charge is -2.38. The molecule has 0 spiro atoms. The molecule has 10 heteroatoms. The van der Waals surface area contributed by atoms with Crippen LogP contribution >= 0.6 is 15.9 Å². The SMILES string of the molecule is COc1ccc(Cn2nc(Br)c3c(NC4CCCCC4)nc(NC4CCC(N5CCOCC5)CC4)nc32)cc1. The number of hydrogen-bond acceptors (Lipinski definition) is 8. The second kappa shape index (κ2) is 12.4. The molecule has 3 heterocycles. The highest BCUT2D eigenvalue weighted by Crippen LogP contribution is 2.33. The molecule has 0 atom stereocenters. The Morgan fingerprint density at radius 1 is 0.923 bits per heavy atom. The summed E-state index contributed by atoms with van der Waals surface area (Å²) in [6, 6.07) is 9.61. The molecular weight excluding hydrogens is 558 g/mol. The number of ether oxygens (including phenoxy) is 2. The molecule has 1 saturated heterocycles. The Morgan fingerprint density at radius 3 is 2.36 bits per heavy atom. The summed E-state index contributed by atoms with van der Waals surface area (Å²) in [5.74, 6) is 2.42. The summed E-state index contributed by atoms with van der Waals surface area (Å²) < 4.78 is 13.7. The van der Waals surface area contributed by atoms with E-state index in [0.717, 1.165) is 71.9 Å². The van der Waals surface area contributed by atoms with Gasteiger partial charge in [-0.25, -0.2) is 4.68 Å². The Hall–Kier alpha value is -2.43. The van der Waals surface area contributed by atoms with Crippen molar-refractivity contribution in [3.05, 3.63) is 34.4 Å². The molecule has 0 radical (unpaired) electrons. The summed E-state index contributed by atoms with van der Waals surface area (Å²) in [4.78, 5) is 12.7. The third kappa shape index (κ3) is 6.33. The maximum Gasteiger partial charge on any atom is 0.226 e. The van der Waals surface area contributed by atoms with Gasteiger partial charge in [0.2, 0.25) is 5.95 Å². The van der Waals surface area contributed by atoms with Crippen LogP contribution in [0.4, 0.5) is 11.8 Å². The highest BCUT2D eigenvalue weighted by atomic mass is 79.9. The van der Waals surface area contributed by atoms with Gasteiger partial charge in [0.05, 0.1) is 32.3 Å². The number of morpholine rings is 1. The van der Waals surface area contributed by atoms with Crippen LogP contribution in [0, 0.1) is 0 Å². The van der Waals surface area contributed by atoms with Crippen molar-refractivity contribution in [2.24, 2.45) is 0 Å². The Kier molecular flexibility index (Phi) is 8.51. The zero-order valence-electron chi connectivity index (χ0n) is 22.9. The first-order valence-electron chi connectivity index (χ1n) is 14.6. The predicted molar refractivity (Wildman–Crippen MR) is 158 cm³/mol. The topological polar surface area (TPSA) is 89.4 Å². The molecule has 3 fully saturated rings. The number of hydrogen-bond donors (Lipinski definition) is 2. The van der Waals surface area contributed by atoms with Gasteiger partial charge < -0.3 is 20.1 Å². The molecular formula is C29H40BrN7O2. The highest BCUT2D eigenvalue weighted by molar-refractivity contribution is 9.10. The average molecular weight is 599 g/mol. The fourth-order valence-corrected chi connectivity index (χ4v) is 6.92. The van der Waals surface area contributed by atoms with E-state index >= 15 is 0 Å². The van der Waals surface area contributed by atoms with E-state index in [0.29, 0.717) is 30.6 Å². The molecule has 0 amide bonds. The van der Waals surface area contributed by atoms with E-state index in [9.17, 15) is 0 Å². The molecule has 0 bridgehead atoms. The first kappa shape index (κ1) is 26.8. The molecule has 9 nitrogen and oxygen atoms in total. The standard InChI is InChI=1S/C29H40BrN7O2/c1-38-24-13-7-20(8-14-24)19-37-28-25(26(30)35-37)27(31-21-5-3-2-4-6-21)33-29(34-28)32-22-9-11-23(12-10-22)36-15-17-39-18-16-36/h7-8,13-14,21-23H,2-6,9-12,15-19H2,1H3,(H2,31,32,33,34). The summed E-state index contributed by atoms with van der Waals surface area (Å²) in [6.45, 7) is 4.47. The van der Waals surface area contributed by atoms with Gasteiger partial charge in [-0.1, -0.05) is 31.4 Å². The van der Waals surface area contributed by atoms with Crippen LogP contribution in [0.3, 0.4) is 0 Å². The number of rotatable bonds is 8. The van der Waals surface area contributed by atoms with Gasteiger partial charge in [-0.3, -0.25) is 4.90 Å². The minimum atomic E-state index is 0.378. The van der Waals surface area contributed by atoms with Crippen molar-refractivity contribution >= 4 is 38.7 Å². The fraction of sp³-hybridized carbons (Fsp3) is 0.621. The monoisotopic (exact) mass is 597 g/mol. The zero-order chi connectivity index (χ0) is 26.6. The molecule has 0 unspecified atom stereocenters. The quantitative estimate of drug-likeness (QED) is 0.354. The second-order valence-corrected chi connectivity index (χ2v) is 11.9. The van der Waals surface area contributed by atoms with Gasteiger partial charge in [0.15, 0.2) is 5.65 Å². The van der Waals surface area contributed by atoms with E-state index in [2.05, 4.69) is 43.6 Å². The number of nitrogens with zero attached hydrogens (tertiary/aromatic N) is 5. The van der Waals surface area contributed by atoms with Crippen molar-refractivity contribution in [2.75, 3.05) is 44.0 Å². The van der Waals surface area contributed by atoms with Crippen LogP contribution in [-0.2, 0) is 11.3 Å². The van der Waals surface area contributed by atoms with Gasteiger partial charge in [0, 0.05) is 31.2 Å². The van der Waals surface area contributed by atoms with E-state index in [1.807, 2.05) is 16.8 Å². The summed E-state index contributed by atoms with van der Waals surface area (Å²) in [7, 11) is 1.69. The lowest BCUT2D eigenvalue weighted by Crippen LogP contribution is -2.46. The molecule has 2 saturated carbocycles. The first-order chi connectivity index (χ1) is 19.2. The highest BCUT2D eigenvalue weighted by Gasteiger charge is 2.28. The molecule has 39 heavy (non-hydrogen) atoms. The number of benzene rings is 1. The molecule has 1 aromatic carbocycles. The molecule has 2 aliphatic carbocycles. The molecule has 3 aliphatic rings. The van der Waals surface area contributed by atoms with Crippen LogP contribution in [-0.4, -0.2) is 76.2 Å². The summed E-state index contributed by atoms with van der Waals surface area (Å²) in [6.07, 6.45) is 10.9. The molecule has 6 rings (SSSR count). The van der Waals surface area contributed by atoms with Crippen molar-refractivity contribution < 1.29 is 9.47 Å². The normalized spacial score (nSPS) is 23.1. The minimum absolute atomic E-state index is 0.378. The van der Waals surface area contributed by atoms with Gasteiger partial charge in [-0.15, -0.1) is 0 Å². The van der Waals surface area contributed by atoms with Crippen LogP contribution in [0.25, 0.3) is 11.0 Å². The van der Waals surface area contributed by atoms with Gasteiger partial charge in [0.1, 0.15) is 16.2 Å². The molecule has 2 aromatic heterocycles. The van der Waals surface area contributed by atoms with Crippen molar-refractivity contribution in [1.82, 2.24) is 24.6 Å². The van der Waals surface area contributed by atoms with E-state index in [4.69, 9.17) is 24.5 Å². The number of fused-ring (bicyclic) bond motifs is 1. The van der Waals surface area contributed by atoms with E-state index in [1.165, 1.54) is 44.9 Å². The fourth-order valence-electron chi connectivity index (χ4n) is 6.36. The van der Waals surface area contributed by atoms with Crippen LogP contribution in [0.5, 0.6) is 5.75 Å². The van der Waals surface area contributed by atoms with Crippen molar-refractivity contribution in [2.45, 2.75) is 82.5 Å². The summed E-state index contributed by atoms with van der Waals surface area (Å²) in [5.41, 5.74) is 1.99. The van der Waals surface area contributed by atoms with Crippen LogP contribution < -0.4 is 15.4 Å². The Balaban J connectivity index is 1.24. The number of anilines is 2. The third-order valence-electron chi connectivity index (χ3n) is 8.58. The van der Waals surface area contributed by atoms with Gasteiger partial charge in [-0.05, 0) is 72.2 Å². The number of nitrogens with one attached hydrogen (secondary N) is 2. The van der Waals surface area contributed by atoms with Crippen LogP contribution in [0.1, 0.15) is 63.4 Å². The van der Waals surface area contributed by atoms with E-state index < -0.39 is 0 Å². The molecule has 1 aliphatic heterocycles. The van der Waals surface area contributed by atoms with Crippen molar-refractivity contribution in [3.63, 3.8) is 0 Å². The lowest BCUT2D eigenvalue weighted by molar-refractivity contribution is 0.00790. The van der Waals surface area contributed by atoms with Crippen LogP contribution in [0.15, 0.2) is 28.9 Å². The predicted octanol–water partition coefficient (Wildman–Crippen LogP) is 5.45. The van der Waals surface area contributed by atoms with Gasteiger partial charge in [0.25, 0.3) is 0 Å². The van der Waals surface area contributed by atoms with Gasteiger partial charge >= 0.3 is 0 Å². The smallest absolute Gasteiger partial charge is 0.226 e. The molecule has 3 aromatic rings. The van der Waals surface area contributed by atoms with E-state index in [-0.39, 0.29) is 0 Å². The second-order valence-electron chi connectivity index (χ2n) is 11.2. The first-order valence-corrected chi connectivity index (χ1v) is 15.4. The van der Waals surface area contributed by atoms with Gasteiger partial charge in [-0.2, -0.15) is 15.1 Å². The minimum Gasteiger partial charge on any atom is -0.497 e. The third-order valence-corrected chi connectivity index (χ3v) is 9.13. The average Bonchev–Trinajstić information content (AvgIpc) is 3.29. The van der Waals surface area contributed by atoms with Crippen molar-refractivity contribution in [1.29, 1.82) is 0 Å². The number of aromatic nitrogens is 4. The molecule has 2 N–H and O–H groups in total. The summed E-state index contributed by atoms with van der Waals surface area (Å²) in [5, 5.41) is 13.3. The molecule has 210 valence electrons. The maximum absolute atomic E-state index is 5.56. The Labute approximate surface area is 239 Å². The van der Waals surface area contributed by atoms with Crippen LogP contribution in [0.2, 0.25) is 0 Å². The zero-order valence-corrected chi connectivity index (χ0v) is 24.5. The Bertz CT molecular complexity index is 1230. The number of halogens is 1. The Morgan fingerprint density at radius 2 is 1.64 bits per heavy atom. The van der Waals surface area contributed by atoms with Crippen molar-refractivity contribution in [3.8, 4) is 5.75 Å². The summed E-state index contributed by atoms with van der Waals surface area (Å²) >= 11 is 3.73. The maximum atomic E-state index is 5.56.